The zero-order valence-electron chi connectivity index (χ0n) is 9.84. The number of methoxy groups -OCH3 is 1. The Balaban J connectivity index is 2.56. The van der Waals surface area contributed by atoms with E-state index in [-0.39, 0.29) is 18.2 Å². The number of ether oxygens (including phenoxy) is 2. The SMILES string of the molecule is C=C(OCC)c1nnc(CCC(=O)OC)nn1. The van der Waals surface area contributed by atoms with Crippen molar-refractivity contribution in [1.82, 2.24) is 20.4 Å². The first-order chi connectivity index (χ1) is 8.17. The lowest BCUT2D eigenvalue weighted by Gasteiger charge is -2.03. The Bertz CT molecular complexity index is 391. The molecule has 0 N–H and O–H groups in total. The highest BCUT2D eigenvalue weighted by atomic mass is 16.5. The van der Waals surface area contributed by atoms with E-state index in [0.717, 1.165) is 0 Å². The average molecular weight is 238 g/mol. The van der Waals surface area contributed by atoms with Gasteiger partial charge >= 0.3 is 5.97 Å². The molecule has 1 rings (SSSR count). The van der Waals surface area contributed by atoms with Crippen molar-refractivity contribution in [2.24, 2.45) is 0 Å². The summed E-state index contributed by atoms with van der Waals surface area (Å²) in [5, 5.41) is 15.2. The van der Waals surface area contributed by atoms with Crippen molar-refractivity contribution in [1.29, 1.82) is 0 Å². The van der Waals surface area contributed by atoms with E-state index in [0.29, 0.717) is 24.6 Å². The van der Waals surface area contributed by atoms with Crippen LogP contribution in [0.4, 0.5) is 0 Å². The van der Waals surface area contributed by atoms with Crippen LogP contribution < -0.4 is 0 Å². The van der Waals surface area contributed by atoms with Crippen molar-refractivity contribution in [3.05, 3.63) is 18.2 Å². The molecular formula is C10H14N4O3. The van der Waals surface area contributed by atoms with Crippen LogP contribution >= 0.6 is 0 Å². The van der Waals surface area contributed by atoms with Crippen LogP contribution in [0.3, 0.4) is 0 Å². The molecule has 0 atom stereocenters. The quantitative estimate of drug-likeness (QED) is 0.523. The third-order valence-electron chi connectivity index (χ3n) is 1.87. The minimum atomic E-state index is -0.323. The second-order valence-electron chi connectivity index (χ2n) is 3.07. The Kier molecular flexibility index (Phi) is 4.99. The summed E-state index contributed by atoms with van der Waals surface area (Å²) in [5.74, 6) is 0.625. The maximum absolute atomic E-state index is 10.9. The van der Waals surface area contributed by atoms with Crippen molar-refractivity contribution in [2.45, 2.75) is 19.8 Å². The van der Waals surface area contributed by atoms with Gasteiger partial charge in [-0.05, 0) is 6.92 Å². The summed E-state index contributed by atoms with van der Waals surface area (Å²) in [6.07, 6.45) is 0.541. The van der Waals surface area contributed by atoms with E-state index in [1.165, 1.54) is 7.11 Å². The number of esters is 1. The minimum absolute atomic E-state index is 0.200. The molecule has 0 aromatic carbocycles. The average Bonchev–Trinajstić information content (AvgIpc) is 2.36. The molecule has 17 heavy (non-hydrogen) atoms. The number of hydrogen-bond acceptors (Lipinski definition) is 7. The summed E-state index contributed by atoms with van der Waals surface area (Å²) < 4.78 is 9.61. The maximum Gasteiger partial charge on any atom is 0.305 e. The molecule has 7 nitrogen and oxygen atoms in total. The topological polar surface area (TPSA) is 87.1 Å². The molecular weight excluding hydrogens is 224 g/mol. The molecule has 0 spiro atoms. The number of carbonyl (C=O) groups is 1. The van der Waals surface area contributed by atoms with Crippen LogP contribution in [0, 0.1) is 0 Å². The van der Waals surface area contributed by atoms with Gasteiger partial charge in [0.05, 0.1) is 20.1 Å². The molecule has 0 aliphatic carbocycles. The van der Waals surface area contributed by atoms with Crippen molar-refractivity contribution >= 4 is 11.7 Å². The van der Waals surface area contributed by atoms with Gasteiger partial charge < -0.3 is 9.47 Å². The second kappa shape index (κ2) is 6.51. The summed E-state index contributed by atoms with van der Waals surface area (Å²) in [5.41, 5.74) is 0. The Hall–Kier alpha value is -2.05. The molecule has 0 aliphatic heterocycles. The standard InChI is InChI=1S/C10H14N4O3/c1-4-17-7(2)10-13-11-8(12-14-10)5-6-9(15)16-3/h2,4-6H2,1,3H3. The molecule has 0 unspecified atom stereocenters. The third kappa shape index (κ3) is 4.13. The van der Waals surface area contributed by atoms with E-state index in [9.17, 15) is 4.79 Å². The van der Waals surface area contributed by atoms with E-state index in [2.05, 4.69) is 31.7 Å². The number of aryl methyl sites for hydroxylation is 1. The van der Waals surface area contributed by atoms with Gasteiger partial charge in [-0.3, -0.25) is 4.79 Å². The minimum Gasteiger partial charge on any atom is -0.490 e. The van der Waals surface area contributed by atoms with Crippen LogP contribution in [0.2, 0.25) is 0 Å². The molecule has 0 aliphatic rings. The fourth-order valence-corrected chi connectivity index (χ4v) is 1.02. The molecule has 0 saturated heterocycles. The smallest absolute Gasteiger partial charge is 0.305 e. The van der Waals surface area contributed by atoms with Gasteiger partial charge in [0.25, 0.3) is 0 Å². The van der Waals surface area contributed by atoms with Gasteiger partial charge in [-0.2, -0.15) is 0 Å². The van der Waals surface area contributed by atoms with E-state index in [4.69, 9.17) is 4.74 Å². The molecule has 1 heterocycles. The number of hydrogen-bond donors (Lipinski definition) is 0. The largest absolute Gasteiger partial charge is 0.490 e. The first-order valence-corrected chi connectivity index (χ1v) is 5.12. The lowest BCUT2D eigenvalue weighted by molar-refractivity contribution is -0.140. The summed E-state index contributed by atoms with van der Waals surface area (Å²) in [6.45, 7) is 5.94. The zero-order valence-corrected chi connectivity index (χ0v) is 9.84. The first-order valence-electron chi connectivity index (χ1n) is 5.12. The van der Waals surface area contributed by atoms with E-state index in [1.54, 1.807) is 0 Å². The molecule has 0 fully saturated rings. The predicted octanol–water partition coefficient (Wildman–Crippen LogP) is 0.379. The zero-order chi connectivity index (χ0) is 12.7. The van der Waals surface area contributed by atoms with Gasteiger partial charge in [0.15, 0.2) is 11.6 Å². The summed E-state index contributed by atoms with van der Waals surface area (Å²) in [6, 6.07) is 0. The van der Waals surface area contributed by atoms with E-state index < -0.39 is 0 Å². The van der Waals surface area contributed by atoms with Gasteiger partial charge in [0.2, 0.25) is 5.82 Å². The second-order valence-corrected chi connectivity index (χ2v) is 3.07. The molecule has 0 amide bonds. The summed E-state index contributed by atoms with van der Waals surface area (Å²) in [4.78, 5) is 10.9. The number of aromatic nitrogens is 4. The molecule has 0 radical (unpaired) electrons. The van der Waals surface area contributed by atoms with Crippen LogP contribution in [0.1, 0.15) is 25.0 Å². The van der Waals surface area contributed by atoms with Crippen molar-refractivity contribution in [3.8, 4) is 0 Å². The van der Waals surface area contributed by atoms with Crippen molar-refractivity contribution in [3.63, 3.8) is 0 Å². The predicted molar refractivity (Wildman–Crippen MR) is 58.6 cm³/mol. The van der Waals surface area contributed by atoms with E-state index in [1.807, 2.05) is 6.92 Å². The van der Waals surface area contributed by atoms with Crippen LogP contribution in [-0.4, -0.2) is 40.1 Å². The Morgan fingerprint density at radius 1 is 1.29 bits per heavy atom. The van der Waals surface area contributed by atoms with Crippen molar-refractivity contribution < 1.29 is 14.3 Å². The van der Waals surface area contributed by atoms with Crippen LogP contribution in [0.5, 0.6) is 0 Å². The molecule has 1 aromatic rings. The Labute approximate surface area is 98.9 Å². The monoisotopic (exact) mass is 238 g/mol. The lowest BCUT2D eigenvalue weighted by Crippen LogP contribution is -2.09. The van der Waals surface area contributed by atoms with Crippen LogP contribution in [-0.2, 0) is 20.7 Å². The van der Waals surface area contributed by atoms with Crippen molar-refractivity contribution in [2.75, 3.05) is 13.7 Å². The van der Waals surface area contributed by atoms with Gasteiger partial charge in [-0.1, -0.05) is 6.58 Å². The van der Waals surface area contributed by atoms with Gasteiger partial charge in [0, 0.05) is 6.42 Å². The summed E-state index contributed by atoms with van der Waals surface area (Å²) in [7, 11) is 1.33. The number of rotatable bonds is 6. The normalized spacial score (nSPS) is 9.76. The Morgan fingerprint density at radius 3 is 2.47 bits per heavy atom. The molecule has 0 bridgehead atoms. The fourth-order valence-electron chi connectivity index (χ4n) is 1.02. The highest BCUT2D eigenvalue weighted by molar-refractivity contribution is 5.69. The molecule has 1 aromatic heterocycles. The first kappa shape index (κ1) is 13.0. The van der Waals surface area contributed by atoms with E-state index >= 15 is 0 Å². The number of nitrogens with zero attached hydrogens (tertiary/aromatic N) is 4. The van der Waals surface area contributed by atoms with Gasteiger partial charge in [-0.25, -0.2) is 0 Å². The third-order valence-corrected chi connectivity index (χ3v) is 1.87. The Morgan fingerprint density at radius 2 is 1.94 bits per heavy atom. The molecule has 92 valence electrons. The van der Waals surface area contributed by atoms with Gasteiger partial charge in [0.1, 0.15) is 0 Å². The van der Waals surface area contributed by atoms with Crippen LogP contribution in [0.25, 0.3) is 5.76 Å². The highest BCUT2D eigenvalue weighted by Gasteiger charge is 2.08. The van der Waals surface area contributed by atoms with Crippen LogP contribution in [0.15, 0.2) is 6.58 Å². The van der Waals surface area contributed by atoms with Gasteiger partial charge in [-0.15, -0.1) is 20.4 Å². The summed E-state index contributed by atoms with van der Waals surface area (Å²) >= 11 is 0. The number of carbonyl (C=O) groups excluding carboxylic acids is 1. The highest BCUT2D eigenvalue weighted by Crippen LogP contribution is 2.05. The molecule has 7 heteroatoms. The molecule has 0 saturated carbocycles. The maximum atomic E-state index is 10.9. The lowest BCUT2D eigenvalue weighted by atomic mass is 10.3. The fraction of sp³-hybridized carbons (Fsp3) is 0.500.